The standard InChI is InChI=1S/C24H26N6O2S.2ClH/c31-21-14-33-20-3-1-17(27-24(20)28-21)11-26-16-6-9-29(10-7-16)12-15-13-30-22(32)4-2-19-23(30)18(15)5-8-25-19;;/h1-5,8,15-16,26H,6-7,9-14H2,(H,27,28,31);2*1H. The van der Waals surface area contributed by atoms with Gasteiger partial charge in [-0.05, 0) is 55.8 Å². The van der Waals surface area contributed by atoms with Gasteiger partial charge in [-0.25, -0.2) is 4.98 Å². The Hall–Kier alpha value is -2.17. The average Bonchev–Trinajstić information content (AvgIpc) is 3.21. The molecular weight excluding hydrogens is 507 g/mol. The largest absolute Gasteiger partial charge is 0.309 e. The molecule has 6 rings (SSSR count). The Kier molecular flexibility index (Phi) is 8.02. The van der Waals surface area contributed by atoms with Crippen LogP contribution in [0.25, 0.3) is 11.0 Å². The van der Waals surface area contributed by atoms with Crippen molar-refractivity contribution in [2.45, 2.75) is 42.8 Å². The molecule has 0 aromatic carbocycles. The number of carbonyl (C=O) groups excluding carboxylic acids is 1. The first-order valence-corrected chi connectivity index (χ1v) is 12.5. The van der Waals surface area contributed by atoms with Gasteiger partial charge < -0.3 is 20.1 Å². The molecule has 0 saturated carbocycles. The maximum absolute atomic E-state index is 12.3. The zero-order valence-electron chi connectivity index (χ0n) is 19.1. The van der Waals surface area contributed by atoms with Gasteiger partial charge in [-0.15, -0.1) is 36.6 Å². The Morgan fingerprint density at radius 3 is 2.74 bits per heavy atom. The van der Waals surface area contributed by atoms with Crippen molar-refractivity contribution in [3.8, 4) is 0 Å². The highest BCUT2D eigenvalue weighted by Crippen LogP contribution is 2.33. The van der Waals surface area contributed by atoms with Crippen LogP contribution in [-0.2, 0) is 17.9 Å². The minimum atomic E-state index is 0. The highest BCUT2D eigenvalue weighted by molar-refractivity contribution is 8.00. The minimum Gasteiger partial charge on any atom is -0.309 e. The van der Waals surface area contributed by atoms with Crippen LogP contribution in [0.1, 0.15) is 30.0 Å². The second kappa shape index (κ2) is 10.8. The van der Waals surface area contributed by atoms with E-state index < -0.39 is 0 Å². The van der Waals surface area contributed by atoms with Crippen molar-refractivity contribution in [1.29, 1.82) is 0 Å². The monoisotopic (exact) mass is 534 g/mol. The Morgan fingerprint density at radius 2 is 1.91 bits per heavy atom. The van der Waals surface area contributed by atoms with Crippen LogP contribution in [0.4, 0.5) is 5.82 Å². The summed E-state index contributed by atoms with van der Waals surface area (Å²) in [6.07, 6.45) is 4.03. The van der Waals surface area contributed by atoms with E-state index in [1.54, 1.807) is 6.07 Å². The van der Waals surface area contributed by atoms with Crippen molar-refractivity contribution < 1.29 is 4.79 Å². The predicted octanol–water partition coefficient (Wildman–Crippen LogP) is 3.03. The van der Waals surface area contributed by atoms with E-state index in [2.05, 4.69) is 31.6 Å². The highest BCUT2D eigenvalue weighted by Gasteiger charge is 2.29. The molecule has 1 fully saturated rings. The Balaban J connectivity index is 0.00000144. The lowest BCUT2D eigenvalue weighted by atomic mass is 9.98. The van der Waals surface area contributed by atoms with Crippen LogP contribution >= 0.6 is 36.6 Å². The first-order valence-electron chi connectivity index (χ1n) is 11.5. The summed E-state index contributed by atoms with van der Waals surface area (Å²) < 4.78 is 1.89. The highest BCUT2D eigenvalue weighted by atomic mass is 35.5. The molecule has 186 valence electrons. The summed E-state index contributed by atoms with van der Waals surface area (Å²) in [5.74, 6) is 1.50. The molecule has 0 bridgehead atoms. The van der Waals surface area contributed by atoms with Gasteiger partial charge in [-0.1, -0.05) is 0 Å². The van der Waals surface area contributed by atoms with Crippen molar-refractivity contribution in [1.82, 2.24) is 24.8 Å². The molecule has 3 aliphatic heterocycles. The van der Waals surface area contributed by atoms with Crippen LogP contribution in [0.2, 0.25) is 0 Å². The Labute approximate surface area is 220 Å². The molecule has 3 aromatic heterocycles. The van der Waals surface area contributed by atoms with Crippen molar-refractivity contribution in [2.24, 2.45) is 0 Å². The zero-order valence-corrected chi connectivity index (χ0v) is 21.6. The SMILES string of the molecule is Cl.Cl.O=C1CSc2ccc(CNC3CCN(CC4Cn5c(=O)ccc6nccc4c65)CC3)nc2N1. The lowest BCUT2D eigenvalue weighted by molar-refractivity contribution is -0.113. The number of halogens is 2. The number of thioether (sulfide) groups is 1. The molecule has 2 N–H and O–H groups in total. The number of pyridine rings is 3. The number of nitrogens with zero attached hydrogens (tertiary/aromatic N) is 4. The molecule has 0 aliphatic carbocycles. The third-order valence-corrected chi connectivity index (χ3v) is 7.96. The number of hydrogen-bond donors (Lipinski definition) is 2. The van der Waals surface area contributed by atoms with Gasteiger partial charge >= 0.3 is 0 Å². The zero-order chi connectivity index (χ0) is 22.4. The molecule has 0 spiro atoms. The van der Waals surface area contributed by atoms with Crippen molar-refractivity contribution in [3.63, 3.8) is 0 Å². The lowest BCUT2D eigenvalue weighted by Crippen LogP contribution is -2.43. The van der Waals surface area contributed by atoms with Crippen molar-refractivity contribution in [2.75, 3.05) is 30.7 Å². The molecule has 1 atom stereocenters. The molecule has 1 amide bonds. The molecule has 0 radical (unpaired) electrons. The first-order chi connectivity index (χ1) is 16.1. The maximum Gasteiger partial charge on any atom is 0.251 e. The van der Waals surface area contributed by atoms with Crippen LogP contribution in [0.15, 0.2) is 46.2 Å². The third kappa shape index (κ3) is 5.20. The number of hydrogen-bond acceptors (Lipinski definition) is 7. The van der Waals surface area contributed by atoms with Gasteiger partial charge in [-0.3, -0.25) is 14.6 Å². The number of fused-ring (bicyclic) bond motifs is 1. The van der Waals surface area contributed by atoms with E-state index in [1.807, 2.05) is 29.0 Å². The Bertz CT molecular complexity index is 1290. The van der Waals surface area contributed by atoms with Crippen LogP contribution in [0.3, 0.4) is 0 Å². The summed E-state index contributed by atoms with van der Waals surface area (Å²) >= 11 is 1.54. The topological polar surface area (TPSA) is 92.2 Å². The van der Waals surface area contributed by atoms with E-state index in [-0.39, 0.29) is 36.3 Å². The van der Waals surface area contributed by atoms with Gasteiger partial charge in [0.25, 0.3) is 5.56 Å². The summed E-state index contributed by atoms with van der Waals surface area (Å²) in [6.45, 7) is 4.50. The van der Waals surface area contributed by atoms with Gasteiger partial charge in [-0.2, -0.15) is 0 Å². The second-order valence-corrected chi connectivity index (χ2v) is 10.1. The van der Waals surface area contributed by atoms with Crippen LogP contribution in [-0.4, -0.2) is 56.8 Å². The fourth-order valence-electron chi connectivity index (χ4n) is 5.22. The van der Waals surface area contributed by atoms with Crippen molar-refractivity contribution in [3.05, 3.63) is 58.1 Å². The van der Waals surface area contributed by atoms with Crippen molar-refractivity contribution >= 4 is 59.3 Å². The number of likely N-dealkylation sites (tertiary alicyclic amines) is 1. The number of anilines is 1. The first kappa shape index (κ1) is 25.9. The van der Waals surface area contributed by atoms with E-state index >= 15 is 0 Å². The van der Waals surface area contributed by atoms with Gasteiger partial charge in [0.15, 0.2) is 0 Å². The number of aromatic nitrogens is 3. The Morgan fingerprint density at radius 1 is 1.09 bits per heavy atom. The van der Waals surface area contributed by atoms with Gasteiger partial charge in [0.05, 0.1) is 27.4 Å². The molecule has 3 aromatic rings. The van der Waals surface area contributed by atoms with E-state index in [1.165, 1.54) is 17.3 Å². The van der Waals surface area contributed by atoms with E-state index in [9.17, 15) is 9.59 Å². The second-order valence-electron chi connectivity index (χ2n) is 9.06. The summed E-state index contributed by atoms with van der Waals surface area (Å²) in [5.41, 5.74) is 4.19. The van der Waals surface area contributed by atoms with Gasteiger partial charge in [0, 0.05) is 43.9 Å². The molecule has 11 heteroatoms. The normalized spacial score (nSPS) is 19.5. The van der Waals surface area contributed by atoms with E-state index in [0.29, 0.717) is 30.1 Å². The molecule has 1 saturated heterocycles. The summed E-state index contributed by atoms with van der Waals surface area (Å²) in [5, 5.41) is 6.51. The molecule has 6 heterocycles. The predicted molar refractivity (Wildman–Crippen MR) is 143 cm³/mol. The molecule has 8 nitrogen and oxygen atoms in total. The quantitative estimate of drug-likeness (QED) is 0.519. The lowest BCUT2D eigenvalue weighted by Gasteiger charge is -2.34. The smallest absolute Gasteiger partial charge is 0.251 e. The summed E-state index contributed by atoms with van der Waals surface area (Å²) in [6, 6.07) is 10.1. The molecule has 35 heavy (non-hydrogen) atoms. The summed E-state index contributed by atoms with van der Waals surface area (Å²) in [4.78, 5) is 36.6. The third-order valence-electron chi connectivity index (χ3n) is 6.92. The van der Waals surface area contributed by atoms with Gasteiger partial charge in [0.1, 0.15) is 5.82 Å². The van der Waals surface area contributed by atoms with Crippen LogP contribution < -0.4 is 16.2 Å². The number of piperidine rings is 1. The van der Waals surface area contributed by atoms with Crippen LogP contribution in [0.5, 0.6) is 0 Å². The summed E-state index contributed by atoms with van der Waals surface area (Å²) in [7, 11) is 0. The fraction of sp³-hybridized carbons (Fsp3) is 0.417. The average molecular weight is 536 g/mol. The number of carbonyl (C=O) groups is 1. The molecule has 1 unspecified atom stereocenters. The number of nitrogens with one attached hydrogen (secondary N) is 2. The number of amides is 1. The fourth-order valence-corrected chi connectivity index (χ4v) is 5.98. The van der Waals surface area contributed by atoms with Gasteiger partial charge in [0.2, 0.25) is 5.91 Å². The van der Waals surface area contributed by atoms with E-state index in [0.717, 1.165) is 60.6 Å². The maximum atomic E-state index is 12.3. The van der Waals surface area contributed by atoms with E-state index in [4.69, 9.17) is 0 Å². The molecular formula is C24H28Cl2N6O2S. The minimum absolute atomic E-state index is 0. The number of rotatable bonds is 5. The molecule has 3 aliphatic rings. The van der Waals surface area contributed by atoms with Crippen LogP contribution in [0, 0.1) is 0 Å².